The quantitative estimate of drug-likeness (QED) is 0.766. The van der Waals surface area contributed by atoms with Crippen LogP contribution in [0.4, 0.5) is 0 Å². The molecule has 1 aliphatic rings. The molecule has 1 unspecified atom stereocenters. The Bertz CT molecular complexity index is 364. The minimum absolute atomic E-state index is 0.719. The van der Waals surface area contributed by atoms with Gasteiger partial charge in [-0.05, 0) is 36.8 Å². The molecule has 0 heterocycles. The molecule has 86 valence electrons. The smallest absolute Gasteiger partial charge is 0.108 e. The number of allylic oxidation sites excluding steroid dienone is 1. The largest absolute Gasteiger partial charge is 0.381 e. The monoisotopic (exact) mass is 216 g/mol. The maximum Gasteiger partial charge on any atom is 0.108 e. The topological polar surface area (TPSA) is 20.2 Å². The Kier molecular flexibility index (Phi) is 3.45. The van der Waals surface area contributed by atoms with Crippen LogP contribution in [0.2, 0.25) is 0 Å². The maximum atomic E-state index is 10.5. The molecule has 1 aromatic carbocycles. The van der Waals surface area contributed by atoms with Crippen LogP contribution in [0.3, 0.4) is 0 Å². The highest BCUT2D eigenvalue weighted by Gasteiger charge is 2.27. The van der Waals surface area contributed by atoms with Gasteiger partial charge >= 0.3 is 0 Å². The van der Waals surface area contributed by atoms with Crippen LogP contribution in [0.15, 0.2) is 36.4 Å². The van der Waals surface area contributed by atoms with E-state index in [4.69, 9.17) is 0 Å². The molecular weight excluding hydrogens is 196 g/mol. The van der Waals surface area contributed by atoms with Crippen LogP contribution in [-0.2, 0) is 12.0 Å². The van der Waals surface area contributed by atoms with Crippen molar-refractivity contribution in [2.75, 3.05) is 0 Å². The molecule has 0 spiro atoms. The van der Waals surface area contributed by atoms with Gasteiger partial charge in [-0.15, -0.1) is 0 Å². The number of hydrogen-bond donors (Lipinski definition) is 1. The van der Waals surface area contributed by atoms with Crippen LogP contribution in [-0.4, -0.2) is 5.11 Å². The molecule has 0 fully saturated rings. The zero-order valence-electron chi connectivity index (χ0n) is 9.95. The molecule has 1 aromatic rings. The predicted octanol–water partition coefficient (Wildman–Crippen LogP) is 3.57. The summed E-state index contributed by atoms with van der Waals surface area (Å²) in [5.41, 5.74) is 1.67. The van der Waals surface area contributed by atoms with Gasteiger partial charge in [0.1, 0.15) is 5.60 Å². The summed E-state index contributed by atoms with van der Waals surface area (Å²) in [5.74, 6) is 0. The summed E-state index contributed by atoms with van der Waals surface area (Å²) < 4.78 is 0. The highest BCUT2D eigenvalue weighted by atomic mass is 16.3. The van der Waals surface area contributed by atoms with Crippen molar-refractivity contribution in [3.63, 3.8) is 0 Å². The van der Waals surface area contributed by atoms with Gasteiger partial charge in [-0.1, -0.05) is 49.8 Å². The Hall–Kier alpha value is -1.08. The lowest BCUT2D eigenvalue weighted by atomic mass is 9.84. The highest BCUT2D eigenvalue weighted by molar-refractivity contribution is 5.31. The second-order valence-electron chi connectivity index (χ2n) is 4.67. The van der Waals surface area contributed by atoms with Gasteiger partial charge in [0.15, 0.2) is 0 Å². The lowest BCUT2D eigenvalue weighted by Gasteiger charge is -2.28. The fourth-order valence-electron chi connectivity index (χ4n) is 2.34. The third-order valence-corrected chi connectivity index (χ3v) is 3.31. The Morgan fingerprint density at radius 3 is 2.56 bits per heavy atom. The van der Waals surface area contributed by atoms with Crippen LogP contribution >= 0.6 is 0 Å². The average molecular weight is 216 g/mol. The summed E-state index contributed by atoms with van der Waals surface area (Å²) in [7, 11) is 0. The van der Waals surface area contributed by atoms with Crippen molar-refractivity contribution >= 4 is 0 Å². The molecule has 16 heavy (non-hydrogen) atoms. The van der Waals surface area contributed by atoms with E-state index in [1.165, 1.54) is 12.0 Å². The van der Waals surface area contributed by atoms with Crippen LogP contribution in [0, 0.1) is 0 Å². The van der Waals surface area contributed by atoms with Gasteiger partial charge in [-0.2, -0.15) is 0 Å². The molecule has 1 aliphatic carbocycles. The first-order chi connectivity index (χ1) is 7.74. The maximum absolute atomic E-state index is 10.5. The van der Waals surface area contributed by atoms with E-state index in [1.807, 2.05) is 6.08 Å². The van der Waals surface area contributed by atoms with Crippen molar-refractivity contribution in [1.29, 1.82) is 0 Å². The molecule has 1 N–H and O–H groups in total. The number of benzene rings is 1. The van der Waals surface area contributed by atoms with E-state index in [2.05, 4.69) is 37.3 Å². The summed E-state index contributed by atoms with van der Waals surface area (Å²) in [6.07, 6.45) is 9.34. The molecule has 1 heteroatoms. The van der Waals surface area contributed by atoms with Crippen LogP contribution in [0.5, 0.6) is 0 Å². The SMILES string of the molecule is CCCc1ccc(C2(O)C=CCCC2)cc1. The summed E-state index contributed by atoms with van der Waals surface area (Å²) in [6, 6.07) is 8.42. The third kappa shape index (κ3) is 2.35. The summed E-state index contributed by atoms with van der Waals surface area (Å²) >= 11 is 0. The fourth-order valence-corrected chi connectivity index (χ4v) is 2.34. The van der Waals surface area contributed by atoms with Gasteiger partial charge in [0.25, 0.3) is 0 Å². The Morgan fingerprint density at radius 1 is 1.25 bits per heavy atom. The second kappa shape index (κ2) is 4.84. The van der Waals surface area contributed by atoms with Gasteiger partial charge in [0, 0.05) is 0 Å². The third-order valence-electron chi connectivity index (χ3n) is 3.31. The van der Waals surface area contributed by atoms with Crippen molar-refractivity contribution in [2.45, 2.75) is 44.6 Å². The standard InChI is InChI=1S/C15H20O/c1-2-6-13-7-9-14(10-8-13)15(16)11-4-3-5-12-15/h4,7-11,16H,2-3,5-6,12H2,1H3. The predicted molar refractivity (Wildman–Crippen MR) is 67.3 cm³/mol. The van der Waals surface area contributed by atoms with E-state index in [1.54, 1.807) is 0 Å². The van der Waals surface area contributed by atoms with E-state index >= 15 is 0 Å². The molecular formula is C15H20O. The zero-order chi connectivity index (χ0) is 11.4. The van der Waals surface area contributed by atoms with Crippen molar-refractivity contribution in [2.24, 2.45) is 0 Å². The lowest BCUT2D eigenvalue weighted by molar-refractivity contribution is 0.0726. The summed E-state index contributed by atoms with van der Waals surface area (Å²) in [4.78, 5) is 0. The Labute approximate surface area is 97.8 Å². The first kappa shape index (κ1) is 11.4. The van der Waals surface area contributed by atoms with Crippen LogP contribution in [0.1, 0.15) is 43.7 Å². The first-order valence-electron chi connectivity index (χ1n) is 6.24. The number of hydrogen-bond acceptors (Lipinski definition) is 1. The first-order valence-corrected chi connectivity index (χ1v) is 6.24. The zero-order valence-corrected chi connectivity index (χ0v) is 9.95. The number of aryl methyl sites for hydroxylation is 1. The molecule has 0 radical (unpaired) electrons. The number of rotatable bonds is 3. The molecule has 0 saturated heterocycles. The van der Waals surface area contributed by atoms with E-state index in [9.17, 15) is 5.11 Å². The van der Waals surface area contributed by atoms with Crippen molar-refractivity contribution in [3.05, 3.63) is 47.5 Å². The highest BCUT2D eigenvalue weighted by Crippen LogP contribution is 2.32. The Balaban J connectivity index is 2.20. The van der Waals surface area contributed by atoms with Crippen LogP contribution < -0.4 is 0 Å². The molecule has 0 amide bonds. The van der Waals surface area contributed by atoms with Crippen LogP contribution in [0.25, 0.3) is 0 Å². The second-order valence-corrected chi connectivity index (χ2v) is 4.67. The molecule has 0 saturated carbocycles. The number of aliphatic hydroxyl groups is 1. The average Bonchev–Trinajstić information content (AvgIpc) is 2.31. The fraction of sp³-hybridized carbons (Fsp3) is 0.467. The van der Waals surface area contributed by atoms with Crippen molar-refractivity contribution in [1.82, 2.24) is 0 Å². The van der Waals surface area contributed by atoms with Gasteiger partial charge in [-0.3, -0.25) is 0 Å². The van der Waals surface area contributed by atoms with E-state index in [0.717, 1.165) is 31.2 Å². The summed E-state index contributed by atoms with van der Waals surface area (Å²) in [6.45, 7) is 2.19. The van der Waals surface area contributed by atoms with Crippen molar-refractivity contribution in [3.8, 4) is 0 Å². The molecule has 1 nitrogen and oxygen atoms in total. The molecule has 1 atom stereocenters. The summed E-state index contributed by atoms with van der Waals surface area (Å²) in [5, 5.41) is 10.5. The van der Waals surface area contributed by atoms with Gasteiger partial charge in [0.05, 0.1) is 0 Å². The van der Waals surface area contributed by atoms with E-state index in [-0.39, 0.29) is 0 Å². The molecule has 0 aromatic heterocycles. The minimum atomic E-state index is -0.719. The lowest BCUT2D eigenvalue weighted by Crippen LogP contribution is -2.24. The molecule has 0 bridgehead atoms. The van der Waals surface area contributed by atoms with Gasteiger partial charge in [-0.25, -0.2) is 0 Å². The Morgan fingerprint density at radius 2 is 2.00 bits per heavy atom. The molecule has 0 aliphatic heterocycles. The minimum Gasteiger partial charge on any atom is -0.381 e. The van der Waals surface area contributed by atoms with Gasteiger partial charge in [0.2, 0.25) is 0 Å². The molecule has 2 rings (SSSR count). The van der Waals surface area contributed by atoms with Gasteiger partial charge < -0.3 is 5.11 Å². The van der Waals surface area contributed by atoms with E-state index in [0.29, 0.717) is 0 Å². The van der Waals surface area contributed by atoms with Crippen molar-refractivity contribution < 1.29 is 5.11 Å². The normalized spacial score (nSPS) is 24.6. The van der Waals surface area contributed by atoms with E-state index < -0.39 is 5.60 Å².